The van der Waals surface area contributed by atoms with Crippen molar-refractivity contribution in [3.05, 3.63) is 35.4 Å². The number of unbranched alkanes of at least 4 members (excludes halogenated alkanes) is 1. The fourth-order valence-corrected chi connectivity index (χ4v) is 1.31. The first kappa shape index (κ1) is 32.6. The van der Waals surface area contributed by atoms with E-state index >= 15 is 0 Å². The molecule has 1 atom stereocenters. The van der Waals surface area contributed by atoms with Gasteiger partial charge in [0.1, 0.15) is 0 Å². The van der Waals surface area contributed by atoms with Crippen molar-refractivity contribution in [3.63, 3.8) is 0 Å². The first-order chi connectivity index (χ1) is 14.4. The standard InChI is InChI=1S/C8H6O4.C6H10O4.C3H8O2.C2H6O2/c9-7(10)5-1-2-6(4-3-5)8(11)12;7-5(8)3-1-2-4-6(9)10;1-3(5)2-4;3-1-2-4/h1-4H,(H,9,10)(H,11,12);1-4H2,(H,7,8)(H,9,10);3-5H,2H2,1H3;3-4H,1-2H2. The van der Waals surface area contributed by atoms with Crippen molar-refractivity contribution in [2.75, 3.05) is 19.8 Å². The summed E-state index contributed by atoms with van der Waals surface area (Å²) in [5, 5.41) is 64.5. The molecule has 12 heteroatoms. The monoisotopic (exact) mass is 450 g/mol. The molecule has 0 amide bonds. The maximum absolute atomic E-state index is 10.3. The molecule has 0 aliphatic carbocycles. The molecule has 0 radical (unpaired) electrons. The van der Waals surface area contributed by atoms with Gasteiger partial charge in [0.15, 0.2) is 0 Å². The van der Waals surface area contributed by atoms with E-state index in [0.29, 0.717) is 12.8 Å². The second-order valence-corrected chi connectivity index (χ2v) is 5.66. The van der Waals surface area contributed by atoms with Crippen LogP contribution in [-0.2, 0) is 9.59 Å². The number of aliphatic hydroxyl groups is 4. The Bertz CT molecular complexity index is 574. The lowest BCUT2D eigenvalue weighted by molar-refractivity contribution is -0.139. The Labute approximate surface area is 178 Å². The third kappa shape index (κ3) is 26.9. The maximum Gasteiger partial charge on any atom is 0.335 e. The summed E-state index contributed by atoms with van der Waals surface area (Å²) in [4.78, 5) is 40.5. The molecule has 178 valence electrons. The van der Waals surface area contributed by atoms with Crippen LogP contribution in [0.5, 0.6) is 0 Å². The highest BCUT2D eigenvalue weighted by Gasteiger charge is 2.04. The highest BCUT2D eigenvalue weighted by Crippen LogP contribution is 2.03. The van der Waals surface area contributed by atoms with E-state index < -0.39 is 30.0 Å². The average molecular weight is 450 g/mol. The van der Waals surface area contributed by atoms with Crippen LogP contribution in [0.3, 0.4) is 0 Å². The van der Waals surface area contributed by atoms with E-state index in [4.69, 9.17) is 40.9 Å². The van der Waals surface area contributed by atoms with Gasteiger partial charge >= 0.3 is 23.9 Å². The fourth-order valence-electron chi connectivity index (χ4n) is 1.31. The predicted octanol–water partition coefficient (Wildman–Crippen LogP) is 0.130. The minimum atomic E-state index is -1.06. The van der Waals surface area contributed by atoms with Crippen molar-refractivity contribution in [2.45, 2.75) is 38.7 Å². The topological polar surface area (TPSA) is 230 Å². The lowest BCUT2D eigenvalue weighted by atomic mass is 10.1. The molecule has 0 heterocycles. The van der Waals surface area contributed by atoms with Crippen LogP contribution in [0.15, 0.2) is 24.3 Å². The number of benzene rings is 1. The molecule has 8 N–H and O–H groups in total. The number of hydrogen-bond acceptors (Lipinski definition) is 8. The van der Waals surface area contributed by atoms with Crippen molar-refractivity contribution in [3.8, 4) is 0 Å². The molecule has 1 aromatic carbocycles. The Morgan fingerprint density at radius 2 is 0.968 bits per heavy atom. The molecule has 0 aliphatic rings. The van der Waals surface area contributed by atoms with Crippen LogP contribution >= 0.6 is 0 Å². The van der Waals surface area contributed by atoms with Crippen molar-refractivity contribution in [1.29, 1.82) is 0 Å². The lowest BCUT2D eigenvalue weighted by Gasteiger charge is -1.94. The zero-order valence-electron chi connectivity index (χ0n) is 17.0. The summed E-state index contributed by atoms with van der Waals surface area (Å²) < 4.78 is 0. The zero-order chi connectivity index (χ0) is 24.8. The lowest BCUT2D eigenvalue weighted by Crippen LogP contribution is -2.03. The molecule has 0 aromatic heterocycles. The molecular formula is C19H30O12. The highest BCUT2D eigenvalue weighted by atomic mass is 16.4. The number of rotatable bonds is 9. The molecule has 1 rings (SSSR count). The molecule has 0 saturated heterocycles. The quantitative estimate of drug-likeness (QED) is 0.235. The molecule has 0 bridgehead atoms. The van der Waals surface area contributed by atoms with Gasteiger partial charge in [-0.2, -0.15) is 0 Å². The maximum atomic E-state index is 10.3. The molecule has 0 saturated carbocycles. The van der Waals surface area contributed by atoms with Crippen LogP contribution in [0, 0.1) is 0 Å². The second-order valence-electron chi connectivity index (χ2n) is 5.66. The van der Waals surface area contributed by atoms with Crippen molar-refractivity contribution in [1.82, 2.24) is 0 Å². The van der Waals surface area contributed by atoms with Gasteiger partial charge in [0, 0.05) is 12.8 Å². The Hall–Kier alpha value is -3.06. The van der Waals surface area contributed by atoms with Crippen LogP contribution in [0.25, 0.3) is 0 Å². The van der Waals surface area contributed by atoms with E-state index in [9.17, 15) is 19.2 Å². The van der Waals surface area contributed by atoms with Gasteiger partial charge in [-0.25, -0.2) is 9.59 Å². The summed E-state index contributed by atoms with van der Waals surface area (Å²) in [7, 11) is 0. The van der Waals surface area contributed by atoms with Crippen molar-refractivity contribution < 1.29 is 60.0 Å². The SMILES string of the molecule is CC(O)CO.O=C(O)CCCCC(=O)O.O=C(O)c1ccc(C(=O)O)cc1.OCCO. The third-order valence-corrected chi connectivity index (χ3v) is 2.77. The average Bonchev–Trinajstić information content (AvgIpc) is 2.72. The first-order valence-corrected chi connectivity index (χ1v) is 8.93. The largest absolute Gasteiger partial charge is 0.481 e. The molecule has 1 aromatic rings. The first-order valence-electron chi connectivity index (χ1n) is 8.93. The summed E-state index contributed by atoms with van der Waals surface area (Å²) in [5.41, 5.74) is 0.167. The summed E-state index contributed by atoms with van der Waals surface area (Å²) >= 11 is 0. The van der Waals surface area contributed by atoms with E-state index in [-0.39, 0.29) is 43.8 Å². The number of aliphatic carboxylic acids is 2. The second kappa shape index (κ2) is 21.6. The molecule has 12 nitrogen and oxygen atoms in total. The van der Waals surface area contributed by atoms with Gasteiger partial charge in [0.2, 0.25) is 0 Å². The Morgan fingerprint density at radius 3 is 1.10 bits per heavy atom. The summed E-state index contributed by atoms with van der Waals surface area (Å²) in [6, 6.07) is 5.02. The van der Waals surface area contributed by atoms with E-state index in [1.54, 1.807) is 0 Å². The number of carbonyl (C=O) groups is 4. The van der Waals surface area contributed by atoms with Crippen LogP contribution < -0.4 is 0 Å². The zero-order valence-corrected chi connectivity index (χ0v) is 17.0. The van der Waals surface area contributed by atoms with E-state index in [1.807, 2.05) is 0 Å². The Morgan fingerprint density at radius 1 is 0.710 bits per heavy atom. The number of hydrogen-bond donors (Lipinski definition) is 8. The van der Waals surface area contributed by atoms with E-state index in [2.05, 4.69) is 0 Å². The van der Waals surface area contributed by atoms with Gasteiger partial charge in [0.05, 0.1) is 37.1 Å². The van der Waals surface area contributed by atoms with Crippen LogP contribution in [0.2, 0.25) is 0 Å². The highest BCUT2D eigenvalue weighted by molar-refractivity contribution is 5.91. The van der Waals surface area contributed by atoms with Gasteiger partial charge < -0.3 is 40.9 Å². The van der Waals surface area contributed by atoms with Crippen LogP contribution in [0.1, 0.15) is 53.3 Å². The minimum Gasteiger partial charge on any atom is -0.481 e. The molecule has 0 aliphatic heterocycles. The molecular weight excluding hydrogens is 420 g/mol. The fraction of sp³-hybridized carbons (Fsp3) is 0.474. The van der Waals surface area contributed by atoms with E-state index in [0.717, 1.165) is 0 Å². The van der Waals surface area contributed by atoms with Crippen molar-refractivity contribution >= 4 is 23.9 Å². The van der Waals surface area contributed by atoms with E-state index in [1.165, 1.54) is 31.2 Å². The number of aliphatic hydroxyl groups excluding tert-OH is 4. The molecule has 1 unspecified atom stereocenters. The molecule has 31 heavy (non-hydrogen) atoms. The number of aromatic carboxylic acids is 2. The van der Waals surface area contributed by atoms with Gasteiger partial charge in [-0.1, -0.05) is 0 Å². The number of carboxylic acid groups (broad SMARTS) is 4. The summed E-state index contributed by atoms with van der Waals surface area (Å²) in [6.07, 6.45) is 0.457. The molecule has 0 spiro atoms. The normalized spacial score (nSPS) is 9.97. The Balaban J connectivity index is -0.000000371. The smallest absolute Gasteiger partial charge is 0.335 e. The molecule has 0 fully saturated rings. The van der Waals surface area contributed by atoms with Crippen LogP contribution in [-0.4, -0.2) is 90.7 Å². The summed E-state index contributed by atoms with van der Waals surface area (Å²) in [6.45, 7) is 1.14. The summed E-state index contributed by atoms with van der Waals surface area (Å²) in [5.74, 6) is -3.87. The van der Waals surface area contributed by atoms with Gasteiger partial charge in [-0.05, 0) is 44.0 Å². The predicted molar refractivity (Wildman–Crippen MR) is 107 cm³/mol. The van der Waals surface area contributed by atoms with Crippen molar-refractivity contribution in [2.24, 2.45) is 0 Å². The third-order valence-electron chi connectivity index (χ3n) is 2.77. The number of carboxylic acids is 4. The van der Waals surface area contributed by atoms with Gasteiger partial charge in [-0.15, -0.1) is 0 Å². The van der Waals surface area contributed by atoms with Crippen LogP contribution in [0.4, 0.5) is 0 Å². The van der Waals surface area contributed by atoms with Gasteiger partial charge in [0.25, 0.3) is 0 Å². The minimum absolute atomic E-state index is 0.0628. The van der Waals surface area contributed by atoms with Gasteiger partial charge in [-0.3, -0.25) is 9.59 Å². The Kier molecular flexibility index (Phi) is 22.8.